The van der Waals surface area contributed by atoms with E-state index < -0.39 is 5.91 Å². The number of carbonyl (C=O) groups is 1. The third-order valence-electron chi connectivity index (χ3n) is 7.90. The standard InChI is InChI=1S/C34H29N9O/c1-20-26-16-15-25(19-29(26)41-43(20)3)42(2)30-17-18-36-34(39-30)37-24-13-11-22(12-14-24)21-7-9-23(10-8-21)33-38-28-6-4-5-27(32(35)44)31(28)40-33/h4-19H,1-3H3,(H2,35,44)(H,38,40)(H,36,37,39). The number of nitrogens with one attached hydrogen (secondary N) is 2. The maximum atomic E-state index is 11.8. The monoisotopic (exact) mass is 579 g/mol. The fourth-order valence-electron chi connectivity index (χ4n) is 5.32. The number of imidazole rings is 1. The first-order valence-electron chi connectivity index (χ1n) is 14.1. The zero-order chi connectivity index (χ0) is 30.4. The van der Waals surface area contributed by atoms with Gasteiger partial charge in [-0.1, -0.05) is 42.5 Å². The van der Waals surface area contributed by atoms with Crippen molar-refractivity contribution >= 4 is 51.0 Å². The molecule has 0 saturated heterocycles. The van der Waals surface area contributed by atoms with Gasteiger partial charge in [-0.25, -0.2) is 9.97 Å². The largest absolute Gasteiger partial charge is 0.366 e. The molecule has 3 heterocycles. The van der Waals surface area contributed by atoms with Gasteiger partial charge < -0.3 is 20.9 Å². The number of amides is 1. The molecule has 216 valence electrons. The first-order valence-corrected chi connectivity index (χ1v) is 14.1. The lowest BCUT2D eigenvalue weighted by Crippen LogP contribution is -2.12. The fraction of sp³-hybridized carbons (Fsp3) is 0.0882. The van der Waals surface area contributed by atoms with Gasteiger partial charge in [-0.15, -0.1) is 0 Å². The van der Waals surface area contributed by atoms with Gasteiger partial charge in [-0.05, 0) is 66.6 Å². The summed E-state index contributed by atoms with van der Waals surface area (Å²) in [4.78, 5) is 30.9. The number of hydrogen-bond donors (Lipinski definition) is 3. The van der Waals surface area contributed by atoms with Gasteiger partial charge in [0.25, 0.3) is 5.91 Å². The molecule has 0 bridgehead atoms. The molecule has 1 amide bonds. The molecule has 0 aliphatic heterocycles. The van der Waals surface area contributed by atoms with Crippen LogP contribution in [-0.4, -0.2) is 42.7 Å². The Bertz CT molecular complexity index is 2160. The number of aryl methyl sites for hydroxylation is 2. The Labute approximate surface area is 253 Å². The van der Waals surface area contributed by atoms with Crippen LogP contribution in [0.5, 0.6) is 0 Å². The Morgan fingerprint density at radius 1 is 0.909 bits per heavy atom. The summed E-state index contributed by atoms with van der Waals surface area (Å²) >= 11 is 0. The highest BCUT2D eigenvalue weighted by Crippen LogP contribution is 2.29. The summed E-state index contributed by atoms with van der Waals surface area (Å²) in [6, 6.07) is 29.7. The lowest BCUT2D eigenvalue weighted by Gasteiger charge is -2.19. The predicted molar refractivity (Wildman–Crippen MR) is 174 cm³/mol. The number of primary amides is 1. The summed E-state index contributed by atoms with van der Waals surface area (Å²) in [6.07, 6.45) is 1.75. The molecule has 10 nitrogen and oxygen atoms in total. The summed E-state index contributed by atoms with van der Waals surface area (Å²) in [5.74, 6) is 1.45. The average Bonchev–Trinajstić information content (AvgIpc) is 3.61. The first kappa shape index (κ1) is 26.8. The number of aromatic nitrogens is 6. The number of hydrogen-bond acceptors (Lipinski definition) is 7. The second-order valence-electron chi connectivity index (χ2n) is 10.6. The van der Waals surface area contributed by atoms with E-state index >= 15 is 0 Å². The Balaban J connectivity index is 1.06. The highest BCUT2D eigenvalue weighted by molar-refractivity contribution is 6.04. The van der Waals surface area contributed by atoms with Crippen LogP contribution in [0.25, 0.3) is 44.5 Å². The van der Waals surface area contributed by atoms with Crippen LogP contribution in [0.3, 0.4) is 0 Å². The second-order valence-corrected chi connectivity index (χ2v) is 10.6. The molecule has 44 heavy (non-hydrogen) atoms. The number of aromatic amines is 1. The number of fused-ring (bicyclic) bond motifs is 2. The summed E-state index contributed by atoms with van der Waals surface area (Å²) < 4.78 is 1.90. The van der Waals surface area contributed by atoms with Crippen LogP contribution in [-0.2, 0) is 7.05 Å². The summed E-state index contributed by atoms with van der Waals surface area (Å²) in [6.45, 7) is 2.07. The van der Waals surface area contributed by atoms with Gasteiger partial charge in [0.2, 0.25) is 5.95 Å². The van der Waals surface area contributed by atoms with Crippen LogP contribution < -0.4 is 16.0 Å². The van der Waals surface area contributed by atoms with Crippen molar-refractivity contribution in [2.75, 3.05) is 17.3 Å². The SMILES string of the molecule is Cc1c2ccc(N(C)c3ccnc(Nc4ccc(-c5ccc(-c6nc7c(C(N)=O)cccc7[nH]6)cc5)cc4)n3)cc2nn1C. The molecule has 0 fully saturated rings. The van der Waals surface area contributed by atoms with E-state index in [0.29, 0.717) is 22.9 Å². The summed E-state index contributed by atoms with van der Waals surface area (Å²) in [5, 5.41) is 9.07. The topological polar surface area (TPSA) is 131 Å². The molecule has 0 aliphatic rings. The highest BCUT2D eigenvalue weighted by atomic mass is 16.1. The maximum Gasteiger partial charge on any atom is 0.250 e. The van der Waals surface area contributed by atoms with Crippen molar-refractivity contribution in [2.24, 2.45) is 12.8 Å². The van der Waals surface area contributed by atoms with Crippen molar-refractivity contribution in [3.8, 4) is 22.5 Å². The van der Waals surface area contributed by atoms with Crippen LogP contribution >= 0.6 is 0 Å². The van der Waals surface area contributed by atoms with Crippen molar-refractivity contribution in [3.05, 3.63) is 108 Å². The fourth-order valence-corrected chi connectivity index (χ4v) is 5.32. The Morgan fingerprint density at radius 2 is 1.64 bits per heavy atom. The molecule has 0 aliphatic carbocycles. The van der Waals surface area contributed by atoms with Gasteiger partial charge in [-0.3, -0.25) is 9.48 Å². The van der Waals surface area contributed by atoms with E-state index in [4.69, 9.17) is 10.7 Å². The molecule has 7 aromatic rings. The number of anilines is 4. The maximum absolute atomic E-state index is 11.8. The number of para-hydroxylation sites is 1. The van der Waals surface area contributed by atoms with Crippen LogP contribution in [0.4, 0.5) is 23.1 Å². The normalized spacial score (nSPS) is 11.2. The number of benzene rings is 4. The molecule has 0 atom stereocenters. The van der Waals surface area contributed by atoms with E-state index in [-0.39, 0.29) is 0 Å². The van der Waals surface area contributed by atoms with Gasteiger partial charge in [-0.2, -0.15) is 10.1 Å². The molecule has 3 aromatic heterocycles. The Morgan fingerprint density at radius 3 is 2.39 bits per heavy atom. The summed E-state index contributed by atoms with van der Waals surface area (Å²) in [7, 11) is 3.94. The van der Waals surface area contributed by atoms with E-state index in [0.717, 1.165) is 56.0 Å². The first-order chi connectivity index (χ1) is 21.3. The third-order valence-corrected chi connectivity index (χ3v) is 7.90. The number of nitrogens with zero attached hydrogens (tertiary/aromatic N) is 6. The predicted octanol–water partition coefficient (Wildman–Crippen LogP) is 6.49. The van der Waals surface area contributed by atoms with E-state index in [9.17, 15) is 4.79 Å². The smallest absolute Gasteiger partial charge is 0.250 e. The molecular formula is C34H29N9O. The van der Waals surface area contributed by atoms with Gasteiger partial charge in [0.05, 0.1) is 16.6 Å². The van der Waals surface area contributed by atoms with Crippen molar-refractivity contribution in [1.29, 1.82) is 0 Å². The van der Waals surface area contributed by atoms with Crippen molar-refractivity contribution in [3.63, 3.8) is 0 Å². The van der Waals surface area contributed by atoms with E-state index in [1.807, 2.05) is 72.2 Å². The van der Waals surface area contributed by atoms with E-state index in [1.165, 1.54) is 0 Å². The number of rotatable bonds is 7. The van der Waals surface area contributed by atoms with Crippen molar-refractivity contribution < 1.29 is 4.79 Å². The zero-order valence-corrected chi connectivity index (χ0v) is 24.4. The van der Waals surface area contributed by atoms with Gasteiger partial charge >= 0.3 is 0 Å². The number of nitrogens with two attached hydrogens (primary N) is 1. The highest BCUT2D eigenvalue weighted by Gasteiger charge is 2.13. The van der Waals surface area contributed by atoms with Crippen LogP contribution in [0.15, 0.2) is 97.2 Å². The molecule has 7 rings (SSSR count). The average molecular weight is 580 g/mol. The number of carbonyl (C=O) groups excluding carboxylic acids is 1. The minimum absolute atomic E-state index is 0.400. The molecular weight excluding hydrogens is 550 g/mol. The van der Waals surface area contributed by atoms with Gasteiger partial charge in [0, 0.05) is 48.3 Å². The van der Waals surface area contributed by atoms with Gasteiger partial charge in [0.15, 0.2) is 0 Å². The van der Waals surface area contributed by atoms with Crippen molar-refractivity contribution in [2.45, 2.75) is 6.92 Å². The summed E-state index contributed by atoms with van der Waals surface area (Å²) in [5.41, 5.74) is 14.3. The molecule has 4 N–H and O–H groups in total. The zero-order valence-electron chi connectivity index (χ0n) is 24.4. The molecule has 0 saturated carbocycles. The molecule has 0 radical (unpaired) electrons. The molecule has 0 spiro atoms. The van der Waals surface area contributed by atoms with E-state index in [2.05, 4.69) is 62.6 Å². The van der Waals surface area contributed by atoms with E-state index in [1.54, 1.807) is 18.3 Å². The molecule has 10 heteroatoms. The van der Waals surface area contributed by atoms with Crippen LogP contribution in [0, 0.1) is 6.92 Å². The van der Waals surface area contributed by atoms with Crippen LogP contribution in [0.2, 0.25) is 0 Å². The Kier molecular flexibility index (Phi) is 6.51. The third kappa shape index (κ3) is 4.88. The second kappa shape index (κ2) is 10.7. The number of H-pyrrole nitrogens is 1. The van der Waals surface area contributed by atoms with Crippen LogP contribution in [0.1, 0.15) is 16.1 Å². The lowest BCUT2D eigenvalue weighted by molar-refractivity contribution is 0.100. The minimum atomic E-state index is -0.498. The molecule has 4 aromatic carbocycles. The van der Waals surface area contributed by atoms with Crippen molar-refractivity contribution in [1.82, 2.24) is 29.7 Å². The Hall–Kier alpha value is -6.03. The quantitative estimate of drug-likeness (QED) is 0.197. The van der Waals surface area contributed by atoms with Gasteiger partial charge in [0.1, 0.15) is 17.2 Å². The lowest BCUT2D eigenvalue weighted by atomic mass is 10.0. The minimum Gasteiger partial charge on any atom is -0.366 e. The molecule has 0 unspecified atom stereocenters.